The molecule has 0 bridgehead atoms. The molecule has 1 saturated heterocycles. The first-order valence-corrected chi connectivity index (χ1v) is 7.46. The Hall–Kier alpha value is -1.58. The van der Waals surface area contributed by atoms with E-state index in [0.29, 0.717) is 5.46 Å². The van der Waals surface area contributed by atoms with Crippen LogP contribution in [0.2, 0.25) is 0 Å². The van der Waals surface area contributed by atoms with E-state index in [1.807, 2.05) is 27.7 Å². The summed E-state index contributed by atoms with van der Waals surface area (Å²) in [5.41, 5.74) is -0.752. The first-order chi connectivity index (χ1) is 11.1. The number of hydrogen-bond acceptors (Lipinski definition) is 6. The van der Waals surface area contributed by atoms with Crippen LogP contribution in [0.25, 0.3) is 0 Å². The summed E-state index contributed by atoms with van der Waals surface area (Å²) in [7, 11) is 0.619. The first-order valence-electron chi connectivity index (χ1n) is 7.46. The van der Waals surface area contributed by atoms with Crippen LogP contribution in [-0.2, 0) is 14.0 Å². The molecule has 2 aliphatic heterocycles. The van der Waals surface area contributed by atoms with Crippen LogP contribution in [0.3, 0.4) is 0 Å². The Labute approximate surface area is 139 Å². The van der Waals surface area contributed by atoms with Gasteiger partial charge in [0.15, 0.2) is 18.3 Å². The van der Waals surface area contributed by atoms with Gasteiger partial charge in [0.05, 0.1) is 11.2 Å². The predicted molar refractivity (Wildman–Crippen MR) is 80.9 cm³/mol. The molecule has 0 amide bonds. The third-order valence-electron chi connectivity index (χ3n) is 4.38. The average molecular weight is 344 g/mol. The molecule has 2 aliphatic rings. The van der Waals surface area contributed by atoms with E-state index in [2.05, 4.69) is 9.47 Å². The minimum absolute atomic E-state index is 0.0463. The molecule has 6 nitrogen and oxygen atoms in total. The van der Waals surface area contributed by atoms with Crippen molar-refractivity contribution < 1.29 is 37.0 Å². The Kier molecular flexibility index (Phi) is 3.93. The molecular formula is C15H19BF2O6. The molecular weight excluding hydrogens is 325 g/mol. The summed E-state index contributed by atoms with van der Waals surface area (Å²) in [6.45, 7) is 7.42. The number of hydrogen-bond donors (Lipinski definition) is 0. The summed E-state index contributed by atoms with van der Waals surface area (Å²) in [6.07, 6.45) is -3.75. The van der Waals surface area contributed by atoms with Crippen LogP contribution in [0.5, 0.6) is 17.2 Å². The predicted octanol–water partition coefficient (Wildman–Crippen LogP) is 2.29. The fourth-order valence-corrected chi connectivity index (χ4v) is 2.43. The number of fused-ring (bicyclic) bond motifs is 1. The van der Waals surface area contributed by atoms with Gasteiger partial charge in [-0.05, 0) is 33.8 Å². The number of halogens is 2. The third kappa shape index (κ3) is 2.80. The molecule has 1 fully saturated rings. The molecule has 2 heterocycles. The lowest BCUT2D eigenvalue weighted by Gasteiger charge is -2.32. The van der Waals surface area contributed by atoms with E-state index in [4.69, 9.17) is 18.8 Å². The van der Waals surface area contributed by atoms with Crippen LogP contribution in [0.4, 0.5) is 8.78 Å². The van der Waals surface area contributed by atoms with Gasteiger partial charge >= 0.3 is 13.4 Å². The maximum Gasteiger partial charge on any atom is 0.586 e. The van der Waals surface area contributed by atoms with Gasteiger partial charge < -0.3 is 28.3 Å². The SMILES string of the molecule is COCOc1c(B2OC(C)(C)C(C)(C)O2)ccc2c1OC(F)(F)O2. The highest BCUT2D eigenvalue weighted by molar-refractivity contribution is 6.63. The van der Waals surface area contributed by atoms with Crippen molar-refractivity contribution in [3.63, 3.8) is 0 Å². The highest BCUT2D eigenvalue weighted by Gasteiger charge is 2.54. The lowest BCUT2D eigenvalue weighted by atomic mass is 9.78. The molecule has 3 rings (SSSR count). The first kappa shape index (κ1) is 17.3. The molecule has 0 saturated carbocycles. The van der Waals surface area contributed by atoms with Gasteiger partial charge in [0.25, 0.3) is 0 Å². The number of alkyl halides is 2. The molecule has 1 aromatic carbocycles. The summed E-state index contributed by atoms with van der Waals surface area (Å²) < 4.78 is 58.1. The van der Waals surface area contributed by atoms with Gasteiger partial charge in [0, 0.05) is 12.6 Å². The second-order valence-electron chi connectivity index (χ2n) is 6.62. The quantitative estimate of drug-likeness (QED) is 0.617. The van der Waals surface area contributed by atoms with E-state index in [9.17, 15) is 8.78 Å². The van der Waals surface area contributed by atoms with E-state index in [-0.39, 0.29) is 24.0 Å². The molecule has 9 heteroatoms. The number of benzene rings is 1. The molecule has 1 aromatic rings. The molecule has 24 heavy (non-hydrogen) atoms. The lowest BCUT2D eigenvalue weighted by molar-refractivity contribution is -0.287. The zero-order chi connectivity index (χ0) is 17.8. The molecule has 0 unspecified atom stereocenters. The Bertz CT molecular complexity index is 633. The Morgan fingerprint density at radius 3 is 2.25 bits per heavy atom. The summed E-state index contributed by atoms with van der Waals surface area (Å²) in [5, 5.41) is 0. The summed E-state index contributed by atoms with van der Waals surface area (Å²) in [5.74, 6) is -0.277. The lowest BCUT2D eigenvalue weighted by Crippen LogP contribution is -2.41. The standard InChI is InChI=1S/C15H19BF2O6/c1-13(2)14(3,4)24-16(23-13)9-6-7-10-12(11(9)20-8-19-5)22-15(17,18)21-10/h6-7H,8H2,1-5H3. The van der Waals surface area contributed by atoms with E-state index < -0.39 is 24.6 Å². The van der Waals surface area contributed by atoms with E-state index in [1.165, 1.54) is 13.2 Å². The third-order valence-corrected chi connectivity index (χ3v) is 4.38. The molecule has 0 N–H and O–H groups in total. The minimum Gasteiger partial charge on any atom is -0.464 e. The maximum atomic E-state index is 13.4. The van der Waals surface area contributed by atoms with Crippen molar-refractivity contribution in [2.24, 2.45) is 0 Å². The largest absolute Gasteiger partial charge is 0.586 e. The summed E-state index contributed by atoms with van der Waals surface area (Å²) in [4.78, 5) is 0. The van der Waals surface area contributed by atoms with Crippen molar-refractivity contribution in [2.75, 3.05) is 13.9 Å². The molecule has 0 radical (unpaired) electrons. The topological polar surface area (TPSA) is 55.4 Å². The average Bonchev–Trinajstić information content (AvgIpc) is 2.87. The van der Waals surface area contributed by atoms with Crippen LogP contribution in [0.1, 0.15) is 27.7 Å². The zero-order valence-corrected chi connectivity index (χ0v) is 14.1. The number of ether oxygens (including phenoxy) is 4. The summed E-state index contributed by atoms with van der Waals surface area (Å²) >= 11 is 0. The Morgan fingerprint density at radius 1 is 1.04 bits per heavy atom. The second-order valence-corrected chi connectivity index (χ2v) is 6.62. The van der Waals surface area contributed by atoms with Gasteiger partial charge in [-0.3, -0.25) is 0 Å². The van der Waals surface area contributed by atoms with E-state index in [1.54, 1.807) is 6.07 Å². The highest BCUT2D eigenvalue weighted by atomic mass is 19.3. The molecule has 0 aromatic heterocycles. The monoisotopic (exact) mass is 344 g/mol. The molecule has 0 atom stereocenters. The van der Waals surface area contributed by atoms with Gasteiger partial charge in [0.1, 0.15) is 0 Å². The van der Waals surface area contributed by atoms with Crippen molar-refractivity contribution in [1.29, 1.82) is 0 Å². The number of methoxy groups -OCH3 is 1. The molecule has 0 aliphatic carbocycles. The maximum absolute atomic E-state index is 13.4. The fraction of sp³-hybridized carbons (Fsp3) is 0.600. The van der Waals surface area contributed by atoms with Crippen molar-refractivity contribution in [2.45, 2.75) is 45.2 Å². The van der Waals surface area contributed by atoms with Gasteiger partial charge in [-0.1, -0.05) is 6.07 Å². The van der Waals surface area contributed by atoms with Gasteiger partial charge in [0.2, 0.25) is 5.75 Å². The van der Waals surface area contributed by atoms with Crippen molar-refractivity contribution in [1.82, 2.24) is 0 Å². The second kappa shape index (κ2) is 5.47. The van der Waals surface area contributed by atoms with Gasteiger partial charge in [-0.25, -0.2) is 0 Å². The fourth-order valence-electron chi connectivity index (χ4n) is 2.43. The van der Waals surface area contributed by atoms with Crippen molar-refractivity contribution >= 4 is 12.6 Å². The summed E-state index contributed by atoms with van der Waals surface area (Å²) in [6, 6.07) is 2.92. The van der Waals surface area contributed by atoms with E-state index in [0.717, 1.165) is 0 Å². The van der Waals surface area contributed by atoms with Crippen LogP contribution in [-0.4, -0.2) is 38.5 Å². The zero-order valence-electron chi connectivity index (χ0n) is 14.1. The molecule has 0 spiro atoms. The smallest absolute Gasteiger partial charge is 0.464 e. The molecule has 132 valence electrons. The van der Waals surface area contributed by atoms with Crippen LogP contribution >= 0.6 is 0 Å². The highest BCUT2D eigenvalue weighted by Crippen LogP contribution is 2.47. The van der Waals surface area contributed by atoms with Crippen LogP contribution < -0.4 is 19.7 Å². The van der Waals surface area contributed by atoms with Crippen LogP contribution in [0, 0.1) is 0 Å². The van der Waals surface area contributed by atoms with Crippen molar-refractivity contribution in [3.05, 3.63) is 12.1 Å². The van der Waals surface area contributed by atoms with Gasteiger partial charge in [-0.2, -0.15) is 0 Å². The van der Waals surface area contributed by atoms with Gasteiger partial charge in [-0.15, -0.1) is 8.78 Å². The number of rotatable bonds is 4. The Morgan fingerprint density at radius 2 is 1.67 bits per heavy atom. The van der Waals surface area contributed by atoms with Crippen LogP contribution in [0.15, 0.2) is 12.1 Å². The van der Waals surface area contributed by atoms with E-state index >= 15 is 0 Å². The Balaban J connectivity index is 2.00. The minimum atomic E-state index is -3.75. The van der Waals surface area contributed by atoms with Crippen molar-refractivity contribution in [3.8, 4) is 17.2 Å². The normalized spacial score (nSPS) is 22.7.